The molecular formula is C27H29FN2O4. The molecule has 2 aromatic rings. The highest BCUT2D eigenvalue weighted by Crippen LogP contribution is 2.50. The fourth-order valence-electron chi connectivity index (χ4n) is 4.83. The number of methoxy groups -OCH3 is 1. The van der Waals surface area contributed by atoms with Crippen molar-refractivity contribution in [3.63, 3.8) is 0 Å². The van der Waals surface area contributed by atoms with Gasteiger partial charge in [0.2, 0.25) is 0 Å². The fraction of sp³-hybridized carbons (Fsp3) is 0.333. The molecule has 0 unspecified atom stereocenters. The maximum absolute atomic E-state index is 13.7. The Bertz CT molecular complexity index is 1180. The van der Waals surface area contributed by atoms with Gasteiger partial charge in [0.05, 0.1) is 25.2 Å². The predicted octanol–water partition coefficient (Wildman–Crippen LogP) is 4.81. The molecule has 0 spiro atoms. The summed E-state index contributed by atoms with van der Waals surface area (Å²) in [6.07, 6.45) is 0.907. The van der Waals surface area contributed by atoms with E-state index in [4.69, 9.17) is 15.2 Å². The third-order valence-electron chi connectivity index (χ3n) is 6.29. The number of esters is 1. The second-order valence-corrected chi connectivity index (χ2v) is 9.34. The number of hydrogen-bond donors (Lipinski definition) is 1. The lowest BCUT2D eigenvalue weighted by Gasteiger charge is -2.44. The minimum Gasteiger partial charge on any atom is -0.497 e. The first-order chi connectivity index (χ1) is 16.2. The van der Waals surface area contributed by atoms with Crippen LogP contribution in [0.3, 0.4) is 0 Å². The number of benzene rings is 2. The number of nitrogens with two attached hydrogens (primary N) is 1. The predicted molar refractivity (Wildman–Crippen MR) is 128 cm³/mol. The first kappa shape index (κ1) is 23.5. The SMILES string of the molecule is CCOC(=O)C1=C(N)N(c2ccc(OC)cc2)C2=C(C(=O)CC(C)(C)C2)[C@@H]1c1ccc(F)cc1. The summed E-state index contributed by atoms with van der Waals surface area (Å²) in [7, 11) is 1.58. The van der Waals surface area contributed by atoms with Crippen molar-refractivity contribution in [2.75, 3.05) is 18.6 Å². The monoisotopic (exact) mass is 464 g/mol. The molecule has 0 fully saturated rings. The second kappa shape index (κ2) is 8.97. The molecule has 0 radical (unpaired) electrons. The average Bonchev–Trinajstić information content (AvgIpc) is 2.78. The molecule has 0 saturated heterocycles. The number of ketones is 1. The van der Waals surface area contributed by atoms with E-state index in [-0.39, 0.29) is 29.2 Å². The summed E-state index contributed by atoms with van der Waals surface area (Å²) in [6.45, 7) is 5.94. The van der Waals surface area contributed by atoms with Crippen molar-refractivity contribution < 1.29 is 23.5 Å². The minimum atomic E-state index is -0.743. The number of carbonyl (C=O) groups excluding carboxylic acids is 2. The number of carbonyl (C=O) groups is 2. The summed E-state index contributed by atoms with van der Waals surface area (Å²) < 4.78 is 24.4. The molecule has 1 aliphatic carbocycles. The smallest absolute Gasteiger partial charge is 0.338 e. The summed E-state index contributed by atoms with van der Waals surface area (Å²) in [5.74, 6) is -0.938. The Kier molecular flexibility index (Phi) is 6.21. The molecule has 0 saturated carbocycles. The molecule has 7 heteroatoms. The molecule has 2 aromatic carbocycles. The van der Waals surface area contributed by atoms with Crippen molar-refractivity contribution in [3.8, 4) is 5.75 Å². The summed E-state index contributed by atoms with van der Waals surface area (Å²) >= 11 is 0. The highest BCUT2D eigenvalue weighted by molar-refractivity contribution is 6.05. The number of rotatable bonds is 5. The first-order valence-electron chi connectivity index (χ1n) is 11.3. The van der Waals surface area contributed by atoms with Crippen LogP contribution >= 0.6 is 0 Å². The first-order valence-corrected chi connectivity index (χ1v) is 11.3. The Balaban J connectivity index is 2.00. The Labute approximate surface area is 198 Å². The topological polar surface area (TPSA) is 81.9 Å². The zero-order valence-electron chi connectivity index (χ0n) is 19.9. The van der Waals surface area contributed by atoms with E-state index in [0.717, 1.165) is 5.70 Å². The molecule has 178 valence electrons. The average molecular weight is 465 g/mol. The van der Waals surface area contributed by atoms with E-state index < -0.39 is 17.7 Å². The number of halogens is 1. The van der Waals surface area contributed by atoms with E-state index in [1.807, 2.05) is 26.0 Å². The lowest BCUT2D eigenvalue weighted by molar-refractivity contribution is -0.138. The number of anilines is 1. The second-order valence-electron chi connectivity index (χ2n) is 9.34. The molecule has 34 heavy (non-hydrogen) atoms. The number of hydrogen-bond acceptors (Lipinski definition) is 6. The molecule has 1 heterocycles. The van der Waals surface area contributed by atoms with E-state index in [1.54, 1.807) is 43.2 Å². The third kappa shape index (κ3) is 4.18. The van der Waals surface area contributed by atoms with Gasteiger partial charge in [-0.1, -0.05) is 26.0 Å². The van der Waals surface area contributed by atoms with Crippen LogP contribution < -0.4 is 15.4 Å². The maximum atomic E-state index is 13.7. The van der Waals surface area contributed by atoms with Crippen LogP contribution in [-0.2, 0) is 14.3 Å². The third-order valence-corrected chi connectivity index (χ3v) is 6.29. The number of nitrogens with zero attached hydrogens (tertiary/aromatic N) is 1. The van der Waals surface area contributed by atoms with Gasteiger partial charge in [-0.2, -0.15) is 0 Å². The van der Waals surface area contributed by atoms with Crippen LogP contribution in [0.1, 0.15) is 45.1 Å². The summed E-state index contributed by atoms with van der Waals surface area (Å²) in [6, 6.07) is 13.1. The molecule has 0 amide bonds. The zero-order chi connectivity index (χ0) is 24.6. The maximum Gasteiger partial charge on any atom is 0.338 e. The Morgan fingerprint density at radius 1 is 1.12 bits per heavy atom. The molecule has 1 aliphatic heterocycles. The van der Waals surface area contributed by atoms with E-state index in [9.17, 15) is 14.0 Å². The summed E-state index contributed by atoms with van der Waals surface area (Å²) in [5.41, 5.74) is 9.15. The molecular weight excluding hydrogens is 435 g/mol. The van der Waals surface area contributed by atoms with Gasteiger partial charge in [0, 0.05) is 23.4 Å². The molecule has 2 aliphatic rings. The van der Waals surface area contributed by atoms with E-state index in [0.29, 0.717) is 35.4 Å². The van der Waals surface area contributed by atoms with Crippen LogP contribution in [0.2, 0.25) is 0 Å². The minimum absolute atomic E-state index is 0.0617. The Morgan fingerprint density at radius 2 is 1.76 bits per heavy atom. The van der Waals surface area contributed by atoms with Crippen molar-refractivity contribution in [2.45, 2.75) is 39.5 Å². The van der Waals surface area contributed by atoms with Crippen LogP contribution in [0.25, 0.3) is 0 Å². The number of Topliss-reactive ketones (excluding diaryl/α,β-unsaturated/α-hetero) is 1. The Morgan fingerprint density at radius 3 is 2.35 bits per heavy atom. The summed E-state index contributed by atoms with van der Waals surface area (Å²) in [5, 5.41) is 0. The van der Waals surface area contributed by atoms with Crippen LogP contribution in [0.15, 0.2) is 71.2 Å². The highest BCUT2D eigenvalue weighted by Gasteiger charge is 2.46. The van der Waals surface area contributed by atoms with Crippen molar-refractivity contribution in [2.24, 2.45) is 11.1 Å². The molecule has 4 rings (SSSR count). The molecule has 0 aromatic heterocycles. The van der Waals surface area contributed by atoms with Crippen molar-refractivity contribution in [3.05, 3.63) is 82.6 Å². The lowest BCUT2D eigenvalue weighted by atomic mass is 9.68. The van der Waals surface area contributed by atoms with Gasteiger partial charge in [0.1, 0.15) is 17.4 Å². The van der Waals surface area contributed by atoms with Gasteiger partial charge in [-0.3, -0.25) is 9.69 Å². The highest BCUT2D eigenvalue weighted by atomic mass is 19.1. The molecule has 0 bridgehead atoms. The number of ether oxygens (including phenoxy) is 2. The molecule has 6 nitrogen and oxygen atoms in total. The van der Waals surface area contributed by atoms with Crippen molar-refractivity contribution >= 4 is 17.4 Å². The van der Waals surface area contributed by atoms with Crippen molar-refractivity contribution in [1.29, 1.82) is 0 Å². The van der Waals surface area contributed by atoms with Crippen LogP contribution in [0, 0.1) is 11.2 Å². The quantitative estimate of drug-likeness (QED) is 0.640. The number of allylic oxidation sites excluding steroid dienone is 2. The van der Waals surface area contributed by atoms with Gasteiger partial charge in [-0.25, -0.2) is 9.18 Å². The Hall–Kier alpha value is -3.61. The van der Waals surface area contributed by atoms with E-state index in [1.165, 1.54) is 12.1 Å². The van der Waals surface area contributed by atoms with Gasteiger partial charge in [0.15, 0.2) is 5.78 Å². The lowest BCUT2D eigenvalue weighted by Crippen LogP contribution is -2.43. The zero-order valence-corrected chi connectivity index (χ0v) is 19.9. The standard InChI is InChI=1S/C27H29FN2O4/c1-5-34-26(32)24-22(16-6-8-17(28)9-7-16)23-20(14-27(2,3)15-21(23)31)30(25(24)29)18-10-12-19(33-4)13-11-18/h6-13,22H,5,14-15,29H2,1-4H3/t22-/m0/s1. The van der Waals surface area contributed by atoms with Crippen LogP contribution in [0.4, 0.5) is 10.1 Å². The van der Waals surface area contributed by atoms with Gasteiger partial charge >= 0.3 is 5.97 Å². The molecule has 1 atom stereocenters. The van der Waals surface area contributed by atoms with Gasteiger partial charge < -0.3 is 15.2 Å². The van der Waals surface area contributed by atoms with Crippen molar-refractivity contribution in [1.82, 2.24) is 0 Å². The largest absolute Gasteiger partial charge is 0.497 e. The van der Waals surface area contributed by atoms with E-state index >= 15 is 0 Å². The molecule has 2 N–H and O–H groups in total. The van der Waals surface area contributed by atoms with Crippen LogP contribution in [0.5, 0.6) is 5.75 Å². The van der Waals surface area contributed by atoms with Gasteiger partial charge in [0.25, 0.3) is 0 Å². The van der Waals surface area contributed by atoms with E-state index in [2.05, 4.69) is 0 Å². The van der Waals surface area contributed by atoms with Crippen LogP contribution in [-0.4, -0.2) is 25.5 Å². The fourth-order valence-corrected chi connectivity index (χ4v) is 4.83. The van der Waals surface area contributed by atoms with Gasteiger partial charge in [-0.15, -0.1) is 0 Å². The summed E-state index contributed by atoms with van der Waals surface area (Å²) in [4.78, 5) is 28.6. The normalized spacial score (nSPS) is 19.7. The van der Waals surface area contributed by atoms with Gasteiger partial charge in [-0.05, 0) is 60.7 Å².